The van der Waals surface area contributed by atoms with Gasteiger partial charge in [-0.1, -0.05) is 0 Å². The first-order valence-corrected chi connectivity index (χ1v) is 7.86. The average Bonchev–Trinajstić information content (AvgIpc) is 2.45. The minimum atomic E-state index is -1.08. The molecular weight excluding hydrogens is 292 g/mol. The van der Waals surface area contributed by atoms with Crippen LogP contribution in [0, 0.1) is 0 Å². The van der Waals surface area contributed by atoms with Gasteiger partial charge in [-0.15, -0.1) is 0 Å². The zero-order valence-electron chi connectivity index (χ0n) is 11.8. The zero-order valence-corrected chi connectivity index (χ0v) is 12.6. The summed E-state index contributed by atoms with van der Waals surface area (Å²) < 4.78 is 1.44. The van der Waals surface area contributed by atoms with Crippen molar-refractivity contribution in [2.24, 2.45) is 0 Å². The first-order valence-electron chi connectivity index (χ1n) is 6.46. The number of carboxylic acids is 1. The summed E-state index contributed by atoms with van der Waals surface area (Å²) in [7, 11) is 0. The van der Waals surface area contributed by atoms with E-state index in [0.29, 0.717) is 11.0 Å². The molecule has 1 aromatic heterocycles. The van der Waals surface area contributed by atoms with E-state index in [0.717, 1.165) is 12.2 Å². The number of fused-ring (bicyclic) bond motifs is 1. The molecule has 21 heavy (non-hydrogen) atoms. The summed E-state index contributed by atoms with van der Waals surface area (Å²) in [5.41, 5.74) is -0.381. The van der Waals surface area contributed by atoms with Gasteiger partial charge < -0.3 is 10.1 Å². The number of benzene rings is 1. The third-order valence-corrected chi connectivity index (χ3v) is 3.99. The van der Waals surface area contributed by atoms with E-state index in [-0.39, 0.29) is 11.6 Å². The number of nitrogens with one attached hydrogen (secondary N) is 1. The van der Waals surface area contributed by atoms with Gasteiger partial charge in [0.25, 0.3) is 0 Å². The summed E-state index contributed by atoms with van der Waals surface area (Å²) >= 11 is 1.67. The van der Waals surface area contributed by atoms with E-state index in [4.69, 9.17) is 5.11 Å². The minimum absolute atomic E-state index is 0.0696. The first kappa shape index (κ1) is 15.4. The summed E-state index contributed by atoms with van der Waals surface area (Å²) in [6, 6.07) is 4.23. The first-order chi connectivity index (χ1) is 9.95. The molecule has 1 atom stereocenters. The smallest absolute Gasteiger partial charge is 0.335 e. The Morgan fingerprint density at radius 3 is 2.76 bits per heavy atom. The topological polar surface area (TPSA) is 92.2 Å². The molecule has 112 valence electrons. The fourth-order valence-electron chi connectivity index (χ4n) is 2.23. The molecule has 0 fully saturated rings. The molecule has 0 aliphatic carbocycles. The van der Waals surface area contributed by atoms with Crippen LogP contribution < -0.4 is 11.1 Å². The van der Waals surface area contributed by atoms with Crippen LogP contribution in [0.25, 0.3) is 11.0 Å². The number of thioether (sulfide) groups is 1. The van der Waals surface area contributed by atoms with Gasteiger partial charge in [-0.05, 0) is 43.6 Å². The molecule has 2 N–H and O–H groups in total. The van der Waals surface area contributed by atoms with Crippen molar-refractivity contribution in [3.8, 4) is 0 Å². The van der Waals surface area contributed by atoms with E-state index < -0.39 is 17.1 Å². The molecule has 1 aromatic carbocycles. The normalized spacial score (nSPS) is 12.5. The fourth-order valence-corrected chi connectivity index (χ4v) is 2.81. The maximum absolute atomic E-state index is 12.1. The van der Waals surface area contributed by atoms with Crippen LogP contribution in [0.15, 0.2) is 27.8 Å². The van der Waals surface area contributed by atoms with Crippen molar-refractivity contribution >= 4 is 28.8 Å². The van der Waals surface area contributed by atoms with Crippen LogP contribution in [-0.2, 0) is 0 Å². The Labute approximate surface area is 124 Å². The minimum Gasteiger partial charge on any atom is -0.478 e. The summed E-state index contributed by atoms with van der Waals surface area (Å²) in [4.78, 5) is 37.3. The summed E-state index contributed by atoms with van der Waals surface area (Å²) in [5.74, 6) is -0.208. The standard InChI is InChI=1S/C14H16N2O4S/c1-8(5-6-21-2)16-11-4-3-9(14(19)20)7-10(11)15-12(17)13(16)18/h3-4,7-8H,5-6H2,1-2H3,(H,15,17)(H,19,20). The van der Waals surface area contributed by atoms with Crippen LogP contribution >= 0.6 is 11.8 Å². The van der Waals surface area contributed by atoms with Gasteiger partial charge in [-0.2, -0.15) is 11.8 Å². The van der Waals surface area contributed by atoms with Crippen molar-refractivity contribution in [2.45, 2.75) is 19.4 Å². The van der Waals surface area contributed by atoms with Gasteiger partial charge in [-0.3, -0.25) is 14.2 Å². The maximum Gasteiger partial charge on any atom is 0.335 e. The molecule has 0 saturated heterocycles. The van der Waals surface area contributed by atoms with Crippen LogP contribution in [-0.4, -0.2) is 32.6 Å². The number of nitrogens with zero attached hydrogens (tertiary/aromatic N) is 1. The van der Waals surface area contributed by atoms with Gasteiger partial charge in [0.15, 0.2) is 0 Å². The molecule has 0 saturated carbocycles. The molecular formula is C14H16N2O4S. The lowest BCUT2D eigenvalue weighted by Crippen LogP contribution is -2.38. The van der Waals surface area contributed by atoms with E-state index >= 15 is 0 Å². The van der Waals surface area contributed by atoms with Crippen molar-refractivity contribution in [3.05, 3.63) is 44.5 Å². The predicted octanol–water partition coefficient (Wildman–Crippen LogP) is 1.70. The highest BCUT2D eigenvalue weighted by Gasteiger charge is 2.14. The van der Waals surface area contributed by atoms with Crippen LogP contribution in [0.2, 0.25) is 0 Å². The number of aromatic nitrogens is 2. The molecule has 1 unspecified atom stereocenters. The number of H-pyrrole nitrogens is 1. The molecule has 7 heteroatoms. The summed E-state index contributed by atoms with van der Waals surface area (Å²) in [5, 5.41) is 9.00. The van der Waals surface area contributed by atoms with Crippen LogP contribution in [0.4, 0.5) is 0 Å². The lowest BCUT2D eigenvalue weighted by molar-refractivity contribution is 0.0697. The number of hydrogen-bond donors (Lipinski definition) is 2. The molecule has 0 aliphatic heterocycles. The number of aromatic amines is 1. The highest BCUT2D eigenvalue weighted by molar-refractivity contribution is 7.98. The molecule has 2 rings (SSSR count). The SMILES string of the molecule is CSCCC(C)n1c(=O)c(=O)[nH]c2cc(C(=O)O)ccc21. The van der Waals surface area contributed by atoms with Gasteiger partial charge >= 0.3 is 17.1 Å². The van der Waals surface area contributed by atoms with Gasteiger partial charge in [-0.25, -0.2) is 4.79 Å². The monoisotopic (exact) mass is 308 g/mol. The number of carboxylic acid groups (broad SMARTS) is 1. The van der Waals surface area contributed by atoms with E-state index in [9.17, 15) is 14.4 Å². The average molecular weight is 308 g/mol. The lowest BCUT2D eigenvalue weighted by Gasteiger charge is -2.17. The van der Waals surface area contributed by atoms with Crippen LogP contribution in [0.3, 0.4) is 0 Å². The quantitative estimate of drug-likeness (QED) is 0.820. The highest BCUT2D eigenvalue weighted by atomic mass is 32.2. The molecule has 1 heterocycles. The molecule has 0 bridgehead atoms. The lowest BCUT2D eigenvalue weighted by atomic mass is 10.1. The predicted molar refractivity (Wildman–Crippen MR) is 83.5 cm³/mol. The van der Waals surface area contributed by atoms with Crippen molar-refractivity contribution in [1.29, 1.82) is 0 Å². The third kappa shape index (κ3) is 3.02. The Balaban J connectivity index is 2.68. The third-order valence-electron chi connectivity index (χ3n) is 3.34. The van der Waals surface area contributed by atoms with E-state index in [2.05, 4.69) is 4.98 Å². The van der Waals surface area contributed by atoms with Crippen molar-refractivity contribution < 1.29 is 9.90 Å². The molecule has 6 nitrogen and oxygen atoms in total. The van der Waals surface area contributed by atoms with Crippen molar-refractivity contribution in [2.75, 3.05) is 12.0 Å². The van der Waals surface area contributed by atoms with Crippen molar-refractivity contribution in [3.63, 3.8) is 0 Å². The maximum atomic E-state index is 12.1. The van der Waals surface area contributed by atoms with Gasteiger partial charge in [0.1, 0.15) is 0 Å². The second kappa shape index (κ2) is 6.17. The molecule has 0 aliphatic rings. The Kier molecular flexibility index (Phi) is 4.52. The molecule has 0 radical (unpaired) electrons. The molecule has 2 aromatic rings. The van der Waals surface area contributed by atoms with Crippen molar-refractivity contribution in [1.82, 2.24) is 9.55 Å². The molecule has 0 spiro atoms. The van der Waals surface area contributed by atoms with Gasteiger partial charge in [0.2, 0.25) is 0 Å². The van der Waals surface area contributed by atoms with Gasteiger partial charge in [0, 0.05) is 6.04 Å². The highest BCUT2D eigenvalue weighted by Crippen LogP contribution is 2.18. The van der Waals surface area contributed by atoms with E-state index in [1.165, 1.54) is 16.7 Å². The number of rotatable bonds is 5. The number of carbonyl (C=O) groups is 1. The fraction of sp³-hybridized carbons (Fsp3) is 0.357. The van der Waals surface area contributed by atoms with E-state index in [1.807, 2.05) is 13.2 Å². The van der Waals surface area contributed by atoms with Crippen LogP contribution in [0.1, 0.15) is 29.7 Å². The Hall–Kier alpha value is -2.02. The number of hydrogen-bond acceptors (Lipinski definition) is 4. The van der Waals surface area contributed by atoms with Crippen LogP contribution in [0.5, 0.6) is 0 Å². The summed E-state index contributed by atoms with van der Waals surface area (Å²) in [6.45, 7) is 1.88. The Morgan fingerprint density at radius 1 is 1.43 bits per heavy atom. The zero-order chi connectivity index (χ0) is 15.6. The van der Waals surface area contributed by atoms with E-state index in [1.54, 1.807) is 17.8 Å². The largest absolute Gasteiger partial charge is 0.478 e. The Bertz CT molecular complexity index is 794. The summed E-state index contributed by atoms with van der Waals surface area (Å²) in [6.07, 6.45) is 2.73. The second-order valence-electron chi connectivity index (χ2n) is 4.80. The van der Waals surface area contributed by atoms with Gasteiger partial charge in [0.05, 0.1) is 16.6 Å². The number of aromatic carboxylic acids is 1. The second-order valence-corrected chi connectivity index (χ2v) is 5.78. The Morgan fingerprint density at radius 2 is 2.14 bits per heavy atom. The molecule has 0 amide bonds.